The van der Waals surface area contributed by atoms with Crippen molar-refractivity contribution in [3.63, 3.8) is 0 Å². The Balaban J connectivity index is 2.10. The molecule has 4 nitrogen and oxygen atoms in total. The molecule has 0 bridgehead atoms. The monoisotopic (exact) mass is 265 g/mol. The number of carbonyl (C=O) groups excluding carboxylic acids is 1. The van der Waals surface area contributed by atoms with E-state index in [1.165, 1.54) is 11.3 Å². The highest BCUT2D eigenvalue weighted by atomic mass is 32.1. The third-order valence-corrected chi connectivity index (χ3v) is 3.88. The van der Waals surface area contributed by atoms with Gasteiger partial charge in [-0.25, -0.2) is 5.48 Å². The number of benzene rings is 1. The summed E-state index contributed by atoms with van der Waals surface area (Å²) in [4.78, 5) is 17.6. The first-order valence-corrected chi connectivity index (χ1v) is 6.45. The van der Waals surface area contributed by atoms with Gasteiger partial charge in [-0.1, -0.05) is 18.2 Å². The predicted octanol–water partition coefficient (Wildman–Crippen LogP) is 2.52. The third kappa shape index (κ3) is 2.69. The van der Waals surface area contributed by atoms with Crippen LogP contribution >= 0.6 is 11.3 Å². The minimum Gasteiger partial charge on any atom is -0.382 e. The van der Waals surface area contributed by atoms with Gasteiger partial charge in [-0.3, -0.25) is 9.63 Å². The minimum atomic E-state index is -0.204. The van der Waals surface area contributed by atoms with Crippen molar-refractivity contribution in [3.8, 4) is 0 Å². The number of fused-ring (bicyclic) bond motifs is 1. The quantitative estimate of drug-likeness (QED) is 0.667. The van der Waals surface area contributed by atoms with Crippen molar-refractivity contribution in [1.29, 1.82) is 0 Å². The summed E-state index contributed by atoms with van der Waals surface area (Å²) in [7, 11) is 1.58. The van der Waals surface area contributed by atoms with Gasteiger partial charge in [0.2, 0.25) is 0 Å². The summed E-state index contributed by atoms with van der Waals surface area (Å²) >= 11 is 1.47. The van der Waals surface area contributed by atoms with Gasteiger partial charge < -0.3 is 4.74 Å². The first-order chi connectivity index (χ1) is 8.74. The second-order valence-electron chi connectivity index (χ2n) is 3.82. The summed E-state index contributed by atoms with van der Waals surface area (Å²) in [6, 6.07) is 7.97. The van der Waals surface area contributed by atoms with Gasteiger partial charge in [0.25, 0.3) is 5.91 Å². The Labute approximate surface area is 109 Å². The molecule has 1 aromatic carbocycles. The second-order valence-corrected chi connectivity index (χ2v) is 4.88. The molecule has 0 unspecified atom stereocenters. The summed E-state index contributed by atoms with van der Waals surface area (Å²) in [6.07, 6.45) is 0. The molecule has 1 heterocycles. The van der Waals surface area contributed by atoms with Crippen LogP contribution in [0.2, 0.25) is 0 Å². The van der Waals surface area contributed by atoms with Crippen molar-refractivity contribution in [3.05, 3.63) is 34.7 Å². The first-order valence-electron chi connectivity index (χ1n) is 5.63. The number of amides is 1. The number of rotatable bonds is 5. The van der Waals surface area contributed by atoms with Crippen molar-refractivity contribution < 1.29 is 14.4 Å². The molecule has 0 saturated carbocycles. The van der Waals surface area contributed by atoms with Gasteiger partial charge in [-0.15, -0.1) is 11.3 Å². The molecular formula is C13H15NO3S. The van der Waals surface area contributed by atoms with Crippen LogP contribution in [0.15, 0.2) is 24.3 Å². The molecule has 0 aliphatic rings. The predicted molar refractivity (Wildman–Crippen MR) is 71.9 cm³/mol. The lowest BCUT2D eigenvalue weighted by Gasteiger charge is -2.04. The van der Waals surface area contributed by atoms with Crippen molar-refractivity contribution in [2.45, 2.75) is 6.92 Å². The maximum atomic E-state index is 11.9. The molecule has 1 aromatic heterocycles. The van der Waals surface area contributed by atoms with Crippen LogP contribution in [0.1, 0.15) is 15.2 Å². The fraction of sp³-hybridized carbons (Fsp3) is 0.308. The van der Waals surface area contributed by atoms with Crippen LogP contribution in [0, 0.1) is 6.92 Å². The molecule has 0 spiro atoms. The molecule has 2 rings (SSSR count). The molecule has 0 saturated heterocycles. The van der Waals surface area contributed by atoms with Crippen LogP contribution < -0.4 is 5.48 Å². The molecule has 5 heteroatoms. The van der Waals surface area contributed by atoms with E-state index in [0.29, 0.717) is 18.1 Å². The average molecular weight is 265 g/mol. The fourth-order valence-corrected chi connectivity index (χ4v) is 2.77. The molecular weight excluding hydrogens is 250 g/mol. The number of thiophene rings is 1. The number of carbonyl (C=O) groups is 1. The smallest absolute Gasteiger partial charge is 0.285 e. The highest BCUT2D eigenvalue weighted by Crippen LogP contribution is 2.30. The molecule has 0 atom stereocenters. The molecule has 0 aliphatic carbocycles. The lowest BCUT2D eigenvalue weighted by Crippen LogP contribution is -2.25. The van der Waals surface area contributed by atoms with Crippen LogP contribution in [-0.4, -0.2) is 26.2 Å². The van der Waals surface area contributed by atoms with Gasteiger partial charge in [0.05, 0.1) is 18.1 Å². The standard InChI is InChI=1S/C13H15NO3S/c1-9-10-5-3-4-6-11(10)18-12(9)13(15)14-17-8-7-16-2/h3-6H,7-8H2,1-2H3,(H,14,15). The van der Waals surface area contributed by atoms with E-state index in [9.17, 15) is 4.79 Å². The Morgan fingerprint density at radius 1 is 1.33 bits per heavy atom. The Hall–Kier alpha value is -1.43. The van der Waals surface area contributed by atoms with Gasteiger partial charge >= 0.3 is 0 Å². The van der Waals surface area contributed by atoms with E-state index in [-0.39, 0.29) is 5.91 Å². The molecule has 1 N–H and O–H groups in total. The van der Waals surface area contributed by atoms with Gasteiger partial charge in [0, 0.05) is 11.8 Å². The molecule has 18 heavy (non-hydrogen) atoms. The summed E-state index contributed by atoms with van der Waals surface area (Å²) < 4.78 is 5.94. The highest BCUT2D eigenvalue weighted by Gasteiger charge is 2.14. The number of hydrogen-bond donors (Lipinski definition) is 1. The van der Waals surface area contributed by atoms with Gasteiger partial charge in [0.1, 0.15) is 0 Å². The number of ether oxygens (including phenoxy) is 1. The number of hydrogen-bond acceptors (Lipinski definition) is 4. The lowest BCUT2D eigenvalue weighted by molar-refractivity contribution is 0.00912. The largest absolute Gasteiger partial charge is 0.382 e. The summed E-state index contributed by atoms with van der Waals surface area (Å²) in [6.45, 7) is 2.74. The number of aryl methyl sites for hydroxylation is 1. The molecule has 96 valence electrons. The SMILES string of the molecule is COCCONC(=O)c1sc2ccccc2c1C. The fourth-order valence-electron chi connectivity index (χ4n) is 1.68. The van der Waals surface area contributed by atoms with E-state index in [4.69, 9.17) is 9.57 Å². The first kappa shape index (κ1) is 13.0. The molecule has 0 aliphatic heterocycles. The van der Waals surface area contributed by atoms with Gasteiger partial charge in [-0.05, 0) is 23.9 Å². The Bertz CT molecular complexity index is 550. The molecule has 1 amide bonds. The van der Waals surface area contributed by atoms with Crippen LogP contribution in [0.3, 0.4) is 0 Å². The van der Waals surface area contributed by atoms with Crippen LogP contribution in [-0.2, 0) is 9.57 Å². The Morgan fingerprint density at radius 2 is 2.11 bits per heavy atom. The van der Waals surface area contributed by atoms with Crippen LogP contribution in [0.25, 0.3) is 10.1 Å². The van der Waals surface area contributed by atoms with E-state index in [1.54, 1.807) is 7.11 Å². The second kappa shape index (κ2) is 5.95. The zero-order valence-electron chi connectivity index (χ0n) is 10.4. The topological polar surface area (TPSA) is 47.6 Å². The number of hydroxylamine groups is 1. The van der Waals surface area contributed by atoms with E-state index >= 15 is 0 Å². The van der Waals surface area contributed by atoms with Gasteiger partial charge in [0.15, 0.2) is 0 Å². The minimum absolute atomic E-state index is 0.204. The maximum Gasteiger partial charge on any atom is 0.285 e. The Morgan fingerprint density at radius 3 is 2.83 bits per heavy atom. The van der Waals surface area contributed by atoms with Gasteiger partial charge in [-0.2, -0.15) is 0 Å². The third-order valence-electron chi connectivity index (χ3n) is 2.60. The van der Waals surface area contributed by atoms with Crippen molar-refractivity contribution in [2.24, 2.45) is 0 Å². The Kier molecular flexibility index (Phi) is 4.30. The van der Waals surface area contributed by atoms with Crippen molar-refractivity contribution in [2.75, 3.05) is 20.3 Å². The summed E-state index contributed by atoms with van der Waals surface area (Å²) in [5.41, 5.74) is 3.42. The highest BCUT2D eigenvalue weighted by molar-refractivity contribution is 7.21. The maximum absolute atomic E-state index is 11.9. The lowest BCUT2D eigenvalue weighted by atomic mass is 10.1. The van der Waals surface area contributed by atoms with E-state index in [2.05, 4.69) is 5.48 Å². The zero-order valence-corrected chi connectivity index (χ0v) is 11.2. The number of methoxy groups -OCH3 is 1. The van der Waals surface area contributed by atoms with E-state index < -0.39 is 0 Å². The van der Waals surface area contributed by atoms with E-state index in [1.807, 2.05) is 31.2 Å². The summed E-state index contributed by atoms with van der Waals surface area (Å²) in [5, 5.41) is 1.12. The summed E-state index contributed by atoms with van der Waals surface area (Å²) in [5.74, 6) is -0.204. The zero-order chi connectivity index (χ0) is 13.0. The average Bonchev–Trinajstić information content (AvgIpc) is 2.73. The van der Waals surface area contributed by atoms with Crippen molar-refractivity contribution in [1.82, 2.24) is 5.48 Å². The van der Waals surface area contributed by atoms with Crippen LogP contribution in [0.4, 0.5) is 0 Å². The molecule has 0 radical (unpaired) electrons. The normalized spacial score (nSPS) is 10.8. The number of nitrogens with one attached hydrogen (secondary N) is 1. The molecule has 2 aromatic rings. The van der Waals surface area contributed by atoms with Crippen molar-refractivity contribution >= 4 is 27.3 Å². The van der Waals surface area contributed by atoms with E-state index in [0.717, 1.165) is 15.6 Å². The molecule has 0 fully saturated rings. The van der Waals surface area contributed by atoms with Crippen LogP contribution in [0.5, 0.6) is 0 Å².